The molecule has 0 heterocycles. The molecule has 118 valence electrons. The summed E-state index contributed by atoms with van der Waals surface area (Å²) in [4.78, 5) is 0. The molecular weight excluding hydrogens is 266 g/mol. The van der Waals surface area contributed by atoms with Crippen molar-refractivity contribution in [3.05, 3.63) is 0 Å². The van der Waals surface area contributed by atoms with Gasteiger partial charge in [0.1, 0.15) is 0 Å². The van der Waals surface area contributed by atoms with Crippen LogP contribution in [-0.4, -0.2) is 20.8 Å². The molecule has 2 aliphatic rings. The Hall–Kier alpha value is 0.110. The molecule has 2 rings (SSSR count). The van der Waals surface area contributed by atoms with E-state index in [1.807, 2.05) is 0 Å². The maximum Gasteiger partial charge on any atom is 0.0501 e. The summed E-state index contributed by atoms with van der Waals surface area (Å²) in [5.41, 5.74) is 6.43. The molecule has 2 fully saturated rings. The zero-order valence-electron chi connectivity index (χ0n) is 13.0. The quantitative estimate of drug-likeness (QED) is 0.826. The minimum Gasteiger partial charge on any atom is -0.327 e. The highest BCUT2D eigenvalue weighted by Gasteiger charge is 2.31. The first-order valence-electron chi connectivity index (χ1n) is 8.94. The maximum atomic E-state index is 12.9. The first-order chi connectivity index (χ1) is 9.79. The molecule has 20 heavy (non-hydrogen) atoms. The molecule has 2 nitrogen and oxygen atoms in total. The lowest BCUT2D eigenvalue weighted by Crippen LogP contribution is -2.40. The number of hydrogen-bond acceptors (Lipinski definition) is 2. The van der Waals surface area contributed by atoms with Crippen LogP contribution in [0, 0.1) is 0 Å². The Morgan fingerprint density at radius 1 is 0.650 bits per heavy atom. The van der Waals surface area contributed by atoms with E-state index >= 15 is 0 Å². The van der Waals surface area contributed by atoms with Gasteiger partial charge < -0.3 is 5.73 Å². The Bertz CT molecular complexity index is 289. The summed E-state index contributed by atoms with van der Waals surface area (Å²) >= 11 is 0. The monoisotopic (exact) mass is 299 g/mol. The first-order valence-corrected chi connectivity index (χ1v) is 10.2. The molecule has 0 radical (unpaired) electrons. The van der Waals surface area contributed by atoms with Crippen molar-refractivity contribution in [3.8, 4) is 0 Å². The van der Waals surface area contributed by atoms with Gasteiger partial charge in [0.2, 0.25) is 0 Å². The zero-order chi connectivity index (χ0) is 14.2. The predicted molar refractivity (Wildman–Crippen MR) is 88.3 cm³/mol. The summed E-state index contributed by atoms with van der Waals surface area (Å²) in [6, 6.07) is 0.177. The third kappa shape index (κ3) is 5.14. The van der Waals surface area contributed by atoms with Crippen LogP contribution in [0.4, 0.5) is 0 Å². The summed E-state index contributed by atoms with van der Waals surface area (Å²) in [6.45, 7) is 0. The molecule has 3 atom stereocenters. The Labute approximate surface area is 127 Å². The van der Waals surface area contributed by atoms with Crippen molar-refractivity contribution in [3.63, 3.8) is 0 Å². The molecule has 3 heteroatoms. The highest BCUT2D eigenvalue weighted by Crippen LogP contribution is 2.28. The van der Waals surface area contributed by atoms with Crippen LogP contribution >= 0.6 is 0 Å². The van der Waals surface area contributed by atoms with Crippen LogP contribution in [-0.2, 0) is 10.8 Å². The van der Waals surface area contributed by atoms with Crippen molar-refractivity contribution < 1.29 is 4.21 Å². The minimum atomic E-state index is -0.679. The van der Waals surface area contributed by atoms with E-state index in [0.29, 0.717) is 5.25 Å². The van der Waals surface area contributed by atoms with Crippen molar-refractivity contribution in [2.24, 2.45) is 5.73 Å². The van der Waals surface area contributed by atoms with Crippen LogP contribution in [0.15, 0.2) is 0 Å². The Balaban J connectivity index is 1.91. The summed E-state index contributed by atoms with van der Waals surface area (Å²) in [7, 11) is -0.679. The van der Waals surface area contributed by atoms with E-state index in [4.69, 9.17) is 5.73 Å². The molecule has 0 aromatic heterocycles. The van der Waals surface area contributed by atoms with Crippen LogP contribution in [0.25, 0.3) is 0 Å². The Kier molecular flexibility index (Phi) is 7.58. The zero-order valence-corrected chi connectivity index (χ0v) is 13.8. The number of nitrogens with two attached hydrogens (primary N) is 1. The lowest BCUT2D eigenvalue weighted by Gasteiger charge is -2.26. The highest BCUT2D eigenvalue weighted by molar-refractivity contribution is 7.86. The van der Waals surface area contributed by atoms with Gasteiger partial charge in [0.25, 0.3) is 0 Å². The molecule has 2 saturated carbocycles. The molecule has 0 amide bonds. The standard InChI is InChI=1S/C17H33NOS/c18-16-13-7-5-3-1-2-4-6-8-14-17(16)20(19)15-11-9-10-12-15/h15-17H,1-14,18H2. The van der Waals surface area contributed by atoms with Gasteiger partial charge in [0.15, 0.2) is 0 Å². The smallest absolute Gasteiger partial charge is 0.0501 e. The molecule has 0 aromatic rings. The lowest BCUT2D eigenvalue weighted by atomic mass is 9.98. The minimum absolute atomic E-state index is 0.177. The van der Waals surface area contributed by atoms with E-state index in [2.05, 4.69) is 0 Å². The van der Waals surface area contributed by atoms with Crippen LogP contribution in [0.1, 0.15) is 89.9 Å². The topological polar surface area (TPSA) is 43.1 Å². The third-order valence-corrected chi connectivity index (χ3v) is 7.49. The van der Waals surface area contributed by atoms with E-state index in [9.17, 15) is 4.21 Å². The van der Waals surface area contributed by atoms with Gasteiger partial charge in [0.05, 0.1) is 5.25 Å². The van der Waals surface area contributed by atoms with Gasteiger partial charge in [-0.1, -0.05) is 64.2 Å². The average Bonchev–Trinajstić information content (AvgIpc) is 2.96. The second kappa shape index (κ2) is 9.19. The van der Waals surface area contributed by atoms with Gasteiger partial charge in [-0.15, -0.1) is 0 Å². The lowest BCUT2D eigenvalue weighted by molar-refractivity contribution is 0.465. The highest BCUT2D eigenvalue weighted by atomic mass is 32.2. The molecule has 0 saturated heterocycles. The molecular formula is C17H33NOS. The largest absolute Gasteiger partial charge is 0.327 e. The van der Waals surface area contributed by atoms with Gasteiger partial charge in [0, 0.05) is 22.1 Å². The maximum absolute atomic E-state index is 12.9. The van der Waals surface area contributed by atoms with E-state index in [0.717, 1.165) is 12.8 Å². The second-order valence-corrected chi connectivity index (χ2v) is 8.77. The van der Waals surface area contributed by atoms with Crippen LogP contribution in [0.5, 0.6) is 0 Å². The van der Waals surface area contributed by atoms with Gasteiger partial charge in [-0.05, 0) is 25.7 Å². The van der Waals surface area contributed by atoms with E-state index < -0.39 is 10.8 Å². The second-order valence-electron chi connectivity index (χ2n) is 6.84. The van der Waals surface area contributed by atoms with Crippen LogP contribution < -0.4 is 5.73 Å². The van der Waals surface area contributed by atoms with Gasteiger partial charge in [-0.2, -0.15) is 0 Å². The SMILES string of the molecule is NC1CCCCCCCCCCC1S(=O)C1CCCC1. The molecule has 0 aromatic carbocycles. The number of hydrogen-bond donors (Lipinski definition) is 1. The summed E-state index contributed by atoms with van der Waals surface area (Å²) in [5, 5.41) is 0.733. The van der Waals surface area contributed by atoms with Gasteiger partial charge in [-0.25, -0.2) is 0 Å². The van der Waals surface area contributed by atoms with E-state index in [1.54, 1.807) is 0 Å². The molecule has 2 aliphatic carbocycles. The van der Waals surface area contributed by atoms with Crippen molar-refractivity contribution >= 4 is 10.8 Å². The first kappa shape index (κ1) is 16.5. The summed E-state index contributed by atoms with van der Waals surface area (Å²) < 4.78 is 12.9. The van der Waals surface area contributed by atoms with Crippen LogP contribution in [0.3, 0.4) is 0 Å². The molecule has 2 N–H and O–H groups in total. The molecule has 0 spiro atoms. The fourth-order valence-electron chi connectivity index (χ4n) is 3.84. The fraction of sp³-hybridized carbons (Fsp3) is 1.00. The van der Waals surface area contributed by atoms with Crippen molar-refractivity contribution in [1.29, 1.82) is 0 Å². The Morgan fingerprint density at radius 2 is 1.10 bits per heavy atom. The normalized spacial score (nSPS) is 33.2. The average molecular weight is 300 g/mol. The Morgan fingerprint density at radius 3 is 1.70 bits per heavy atom. The summed E-state index contributed by atoms with van der Waals surface area (Å²) in [5.74, 6) is 0. The van der Waals surface area contributed by atoms with Crippen molar-refractivity contribution in [2.45, 2.75) is 106 Å². The van der Waals surface area contributed by atoms with Crippen molar-refractivity contribution in [2.75, 3.05) is 0 Å². The summed E-state index contributed by atoms with van der Waals surface area (Å²) in [6.07, 6.45) is 17.7. The fourth-order valence-corrected chi connectivity index (χ4v) is 6.01. The van der Waals surface area contributed by atoms with Gasteiger partial charge in [-0.3, -0.25) is 4.21 Å². The van der Waals surface area contributed by atoms with Gasteiger partial charge >= 0.3 is 0 Å². The molecule has 0 bridgehead atoms. The van der Waals surface area contributed by atoms with Crippen LogP contribution in [0.2, 0.25) is 0 Å². The van der Waals surface area contributed by atoms with E-state index in [1.165, 1.54) is 77.0 Å². The molecule has 3 unspecified atom stereocenters. The third-order valence-electron chi connectivity index (χ3n) is 5.18. The predicted octanol–water partition coefficient (Wildman–Crippen LogP) is 4.29. The van der Waals surface area contributed by atoms with Crippen molar-refractivity contribution in [1.82, 2.24) is 0 Å². The molecule has 0 aliphatic heterocycles. The number of rotatable bonds is 2. The van der Waals surface area contributed by atoms with E-state index in [-0.39, 0.29) is 11.3 Å².